The van der Waals surface area contributed by atoms with Crippen molar-refractivity contribution in [2.45, 2.75) is 52.0 Å². The van der Waals surface area contributed by atoms with Crippen LogP contribution in [0, 0.1) is 0 Å². The first kappa shape index (κ1) is 15.7. The second-order valence-corrected chi connectivity index (χ2v) is 5.84. The monoisotopic (exact) mass is 266 g/mol. The largest absolute Gasteiger partial charge is 0.384 e. The molecule has 1 aromatic rings. The third kappa shape index (κ3) is 5.03. The van der Waals surface area contributed by atoms with Gasteiger partial charge in [0.1, 0.15) is 17.5 Å². The maximum absolute atomic E-state index is 5.86. The molecule has 0 saturated carbocycles. The molecule has 3 N–H and O–H groups in total. The van der Waals surface area contributed by atoms with E-state index in [4.69, 9.17) is 10.5 Å². The van der Waals surface area contributed by atoms with Crippen LogP contribution in [0.15, 0.2) is 6.07 Å². The number of hydrogen-bond donors (Lipinski definition) is 2. The van der Waals surface area contributed by atoms with Gasteiger partial charge in [0, 0.05) is 18.6 Å². The van der Waals surface area contributed by atoms with E-state index in [9.17, 15) is 0 Å². The number of ether oxygens (including phenoxy) is 1. The Labute approximate surface area is 116 Å². The number of nitrogens with zero attached hydrogens (tertiary/aromatic N) is 2. The van der Waals surface area contributed by atoms with Crippen LogP contribution >= 0.6 is 0 Å². The van der Waals surface area contributed by atoms with Crippen LogP contribution in [0.5, 0.6) is 0 Å². The van der Waals surface area contributed by atoms with Crippen LogP contribution in [0.3, 0.4) is 0 Å². The summed E-state index contributed by atoms with van der Waals surface area (Å²) in [5.41, 5.74) is 5.74. The number of nitrogens with one attached hydrogen (secondary N) is 1. The number of anilines is 2. The van der Waals surface area contributed by atoms with Gasteiger partial charge >= 0.3 is 0 Å². The molecule has 1 unspecified atom stereocenters. The highest BCUT2D eigenvalue weighted by molar-refractivity contribution is 5.46. The molecular weight excluding hydrogens is 240 g/mol. The van der Waals surface area contributed by atoms with Gasteiger partial charge in [-0.05, 0) is 6.42 Å². The Bertz CT molecular complexity index is 395. The van der Waals surface area contributed by atoms with E-state index in [0.29, 0.717) is 12.4 Å². The van der Waals surface area contributed by atoms with Crippen LogP contribution < -0.4 is 11.1 Å². The van der Waals surface area contributed by atoms with Gasteiger partial charge in [-0.25, -0.2) is 9.97 Å². The summed E-state index contributed by atoms with van der Waals surface area (Å²) in [7, 11) is 1.71. The lowest BCUT2D eigenvalue weighted by atomic mass is 9.96. The molecule has 5 nitrogen and oxygen atoms in total. The van der Waals surface area contributed by atoms with Crippen LogP contribution in [0.1, 0.15) is 46.4 Å². The molecule has 0 fully saturated rings. The highest BCUT2D eigenvalue weighted by atomic mass is 16.5. The number of hydrogen-bond acceptors (Lipinski definition) is 5. The minimum Gasteiger partial charge on any atom is -0.384 e. The van der Waals surface area contributed by atoms with Gasteiger partial charge in [-0.2, -0.15) is 0 Å². The molecule has 5 heteroatoms. The minimum atomic E-state index is -0.118. The fraction of sp³-hybridized carbons (Fsp3) is 0.714. The van der Waals surface area contributed by atoms with Gasteiger partial charge in [0.15, 0.2) is 0 Å². The van der Waals surface area contributed by atoms with Crippen molar-refractivity contribution in [1.29, 1.82) is 0 Å². The van der Waals surface area contributed by atoms with E-state index in [2.05, 4.69) is 43.0 Å². The predicted octanol–water partition coefficient (Wildman–Crippen LogP) is 2.58. The summed E-state index contributed by atoms with van der Waals surface area (Å²) < 4.78 is 5.22. The van der Waals surface area contributed by atoms with E-state index in [1.807, 2.05) is 0 Å². The molecule has 0 aliphatic rings. The van der Waals surface area contributed by atoms with Crippen molar-refractivity contribution < 1.29 is 4.74 Å². The van der Waals surface area contributed by atoms with Gasteiger partial charge in [0.05, 0.1) is 12.6 Å². The van der Waals surface area contributed by atoms with Crippen molar-refractivity contribution in [1.82, 2.24) is 9.97 Å². The molecule has 0 bridgehead atoms. The molecule has 0 amide bonds. The second kappa shape index (κ2) is 6.70. The van der Waals surface area contributed by atoms with Crippen molar-refractivity contribution in [3.8, 4) is 0 Å². The number of nitrogens with two attached hydrogens (primary N) is 1. The summed E-state index contributed by atoms with van der Waals surface area (Å²) in [6.45, 7) is 9.03. The third-order valence-corrected chi connectivity index (χ3v) is 2.77. The molecule has 108 valence electrons. The summed E-state index contributed by atoms with van der Waals surface area (Å²) in [4.78, 5) is 8.85. The summed E-state index contributed by atoms with van der Waals surface area (Å²) >= 11 is 0. The third-order valence-electron chi connectivity index (χ3n) is 2.77. The zero-order valence-corrected chi connectivity index (χ0v) is 12.7. The normalized spacial score (nSPS) is 13.3. The standard InChI is InChI=1S/C14H26N4O/c1-6-7-10(9-19-5)16-12-8-11(15)17-13(18-12)14(2,3)4/h8,10H,6-7,9H2,1-5H3,(H3,15,16,17,18). The Morgan fingerprint density at radius 2 is 2.05 bits per heavy atom. The first-order valence-electron chi connectivity index (χ1n) is 6.77. The molecule has 0 aliphatic heterocycles. The molecular formula is C14H26N4O. The van der Waals surface area contributed by atoms with Crippen molar-refractivity contribution in [3.63, 3.8) is 0 Å². The number of rotatable bonds is 6. The molecule has 0 radical (unpaired) electrons. The highest BCUT2D eigenvalue weighted by Gasteiger charge is 2.19. The first-order valence-corrected chi connectivity index (χ1v) is 6.77. The van der Waals surface area contributed by atoms with E-state index in [-0.39, 0.29) is 11.5 Å². The Morgan fingerprint density at radius 1 is 1.37 bits per heavy atom. The Balaban J connectivity index is 2.90. The quantitative estimate of drug-likeness (QED) is 0.828. The molecule has 19 heavy (non-hydrogen) atoms. The Kier molecular flexibility index (Phi) is 5.54. The number of aromatic nitrogens is 2. The number of methoxy groups -OCH3 is 1. The topological polar surface area (TPSA) is 73.1 Å². The Morgan fingerprint density at radius 3 is 2.58 bits per heavy atom. The first-order chi connectivity index (χ1) is 8.86. The van der Waals surface area contributed by atoms with Gasteiger partial charge in [-0.15, -0.1) is 0 Å². The molecule has 0 aliphatic carbocycles. The summed E-state index contributed by atoms with van der Waals surface area (Å²) in [6, 6.07) is 2.02. The van der Waals surface area contributed by atoms with Crippen molar-refractivity contribution in [2.75, 3.05) is 24.8 Å². The SMILES string of the molecule is CCCC(COC)Nc1cc(N)nc(C(C)(C)C)n1. The maximum atomic E-state index is 5.86. The zero-order chi connectivity index (χ0) is 14.5. The summed E-state index contributed by atoms with van der Waals surface area (Å²) in [5.74, 6) is 2.02. The maximum Gasteiger partial charge on any atom is 0.138 e. The lowest BCUT2D eigenvalue weighted by Gasteiger charge is -2.21. The molecule has 0 saturated heterocycles. The van der Waals surface area contributed by atoms with Crippen LogP contribution in [0.2, 0.25) is 0 Å². The molecule has 1 heterocycles. The van der Waals surface area contributed by atoms with Gasteiger partial charge in [-0.1, -0.05) is 34.1 Å². The van der Waals surface area contributed by atoms with Gasteiger partial charge in [-0.3, -0.25) is 0 Å². The van der Waals surface area contributed by atoms with Crippen molar-refractivity contribution >= 4 is 11.6 Å². The molecule has 0 aromatic carbocycles. The van der Waals surface area contributed by atoms with Crippen LogP contribution in [-0.4, -0.2) is 29.7 Å². The van der Waals surface area contributed by atoms with E-state index in [0.717, 1.165) is 24.5 Å². The lowest BCUT2D eigenvalue weighted by molar-refractivity contribution is 0.182. The molecule has 0 spiro atoms. The second-order valence-electron chi connectivity index (χ2n) is 5.84. The molecule has 1 rings (SSSR count). The molecule has 1 aromatic heterocycles. The van der Waals surface area contributed by atoms with Gasteiger partial charge in [0.2, 0.25) is 0 Å². The average Bonchev–Trinajstić information content (AvgIpc) is 2.27. The minimum absolute atomic E-state index is 0.118. The number of nitrogen functional groups attached to an aromatic ring is 1. The predicted molar refractivity (Wildman–Crippen MR) is 79.3 cm³/mol. The van der Waals surface area contributed by atoms with Crippen LogP contribution in [0.25, 0.3) is 0 Å². The average molecular weight is 266 g/mol. The Hall–Kier alpha value is -1.36. The van der Waals surface area contributed by atoms with Gasteiger partial charge in [0.25, 0.3) is 0 Å². The van der Waals surface area contributed by atoms with Crippen molar-refractivity contribution in [2.24, 2.45) is 0 Å². The summed E-state index contributed by atoms with van der Waals surface area (Å²) in [6.07, 6.45) is 2.12. The van der Waals surface area contributed by atoms with E-state index < -0.39 is 0 Å². The van der Waals surface area contributed by atoms with Crippen LogP contribution in [0.4, 0.5) is 11.6 Å². The smallest absolute Gasteiger partial charge is 0.138 e. The molecule has 1 atom stereocenters. The zero-order valence-electron chi connectivity index (χ0n) is 12.7. The van der Waals surface area contributed by atoms with E-state index in [1.165, 1.54) is 0 Å². The van der Waals surface area contributed by atoms with Crippen LogP contribution in [-0.2, 0) is 10.2 Å². The van der Waals surface area contributed by atoms with Crippen molar-refractivity contribution in [3.05, 3.63) is 11.9 Å². The van der Waals surface area contributed by atoms with E-state index in [1.54, 1.807) is 13.2 Å². The fourth-order valence-electron chi connectivity index (χ4n) is 1.83. The lowest BCUT2D eigenvalue weighted by Crippen LogP contribution is -2.26. The highest BCUT2D eigenvalue weighted by Crippen LogP contribution is 2.21. The van der Waals surface area contributed by atoms with E-state index >= 15 is 0 Å². The summed E-state index contributed by atoms with van der Waals surface area (Å²) in [5, 5.41) is 3.38. The van der Waals surface area contributed by atoms with Gasteiger partial charge < -0.3 is 15.8 Å². The fourth-order valence-corrected chi connectivity index (χ4v) is 1.83.